The SMILES string of the molecule is CC(C)c1ccc(C(N)CNC(=O)c2ccccc2N)cc1. The smallest absolute Gasteiger partial charge is 0.253 e. The number of para-hydroxylation sites is 1. The Bertz CT molecular complexity index is 635. The standard InChI is InChI=1S/C18H23N3O/c1-12(2)13-7-9-14(10-8-13)17(20)11-21-18(22)15-5-3-4-6-16(15)19/h3-10,12,17H,11,19-20H2,1-2H3,(H,21,22). The quantitative estimate of drug-likeness (QED) is 0.742. The fourth-order valence-corrected chi connectivity index (χ4v) is 2.25. The summed E-state index contributed by atoms with van der Waals surface area (Å²) in [6.45, 7) is 4.67. The molecule has 0 aromatic heterocycles. The number of nitrogens with two attached hydrogens (primary N) is 2. The molecule has 2 aromatic carbocycles. The first kappa shape index (κ1) is 16.0. The highest BCUT2D eigenvalue weighted by atomic mass is 16.1. The van der Waals surface area contributed by atoms with Crippen LogP contribution < -0.4 is 16.8 Å². The Morgan fingerprint density at radius 1 is 1.05 bits per heavy atom. The maximum Gasteiger partial charge on any atom is 0.253 e. The molecular weight excluding hydrogens is 274 g/mol. The van der Waals surface area contributed by atoms with Crippen molar-refractivity contribution < 1.29 is 4.79 Å². The third-order valence-corrected chi connectivity index (χ3v) is 3.72. The molecule has 1 unspecified atom stereocenters. The van der Waals surface area contributed by atoms with Gasteiger partial charge >= 0.3 is 0 Å². The van der Waals surface area contributed by atoms with Gasteiger partial charge in [-0.05, 0) is 29.2 Å². The summed E-state index contributed by atoms with van der Waals surface area (Å²) in [5, 5.41) is 2.83. The molecule has 0 aliphatic heterocycles. The molecule has 0 bridgehead atoms. The van der Waals surface area contributed by atoms with Crippen LogP contribution in [0.1, 0.15) is 47.3 Å². The second-order valence-corrected chi connectivity index (χ2v) is 5.73. The lowest BCUT2D eigenvalue weighted by atomic mass is 9.99. The van der Waals surface area contributed by atoms with E-state index in [4.69, 9.17) is 11.5 Å². The number of nitrogens with one attached hydrogen (secondary N) is 1. The fraction of sp³-hybridized carbons (Fsp3) is 0.278. The second kappa shape index (κ2) is 7.09. The van der Waals surface area contributed by atoms with Gasteiger partial charge in [0.1, 0.15) is 0 Å². The highest BCUT2D eigenvalue weighted by Crippen LogP contribution is 2.17. The van der Waals surface area contributed by atoms with Crippen molar-refractivity contribution in [1.29, 1.82) is 0 Å². The molecule has 0 saturated carbocycles. The van der Waals surface area contributed by atoms with Crippen LogP contribution in [0.25, 0.3) is 0 Å². The third kappa shape index (κ3) is 3.86. The van der Waals surface area contributed by atoms with E-state index in [0.717, 1.165) is 5.56 Å². The van der Waals surface area contributed by atoms with Crippen LogP contribution in [0.4, 0.5) is 5.69 Å². The number of carbonyl (C=O) groups is 1. The molecule has 1 amide bonds. The predicted molar refractivity (Wildman–Crippen MR) is 90.6 cm³/mol. The Morgan fingerprint density at radius 2 is 1.64 bits per heavy atom. The molecule has 4 nitrogen and oxygen atoms in total. The first-order valence-corrected chi connectivity index (χ1v) is 7.47. The van der Waals surface area contributed by atoms with Crippen LogP contribution in [0.5, 0.6) is 0 Å². The average Bonchev–Trinajstić information content (AvgIpc) is 2.52. The molecular formula is C18H23N3O. The van der Waals surface area contributed by atoms with Crippen LogP contribution in [-0.2, 0) is 0 Å². The molecule has 0 radical (unpaired) electrons. The minimum Gasteiger partial charge on any atom is -0.398 e. The van der Waals surface area contributed by atoms with Gasteiger partial charge in [0, 0.05) is 18.3 Å². The Kier molecular flexibility index (Phi) is 5.17. The molecule has 0 fully saturated rings. The molecule has 5 N–H and O–H groups in total. The van der Waals surface area contributed by atoms with Gasteiger partial charge in [-0.3, -0.25) is 4.79 Å². The van der Waals surface area contributed by atoms with Crippen molar-refractivity contribution in [3.05, 3.63) is 65.2 Å². The molecule has 0 saturated heterocycles. The number of rotatable bonds is 5. The summed E-state index contributed by atoms with van der Waals surface area (Å²) < 4.78 is 0. The van der Waals surface area contributed by atoms with E-state index in [1.165, 1.54) is 5.56 Å². The number of carbonyl (C=O) groups excluding carboxylic acids is 1. The van der Waals surface area contributed by atoms with Crippen molar-refractivity contribution in [2.24, 2.45) is 5.73 Å². The zero-order chi connectivity index (χ0) is 16.1. The van der Waals surface area contributed by atoms with Gasteiger partial charge < -0.3 is 16.8 Å². The largest absolute Gasteiger partial charge is 0.398 e. The maximum atomic E-state index is 12.1. The van der Waals surface area contributed by atoms with E-state index in [2.05, 4.69) is 31.3 Å². The molecule has 0 aliphatic carbocycles. The summed E-state index contributed by atoms with van der Waals surface area (Å²) in [6, 6.07) is 15.0. The molecule has 1 atom stereocenters. The zero-order valence-electron chi connectivity index (χ0n) is 13.0. The predicted octanol–water partition coefficient (Wildman–Crippen LogP) is 2.82. The van der Waals surface area contributed by atoms with Gasteiger partial charge in [0.15, 0.2) is 0 Å². The van der Waals surface area contributed by atoms with E-state index in [1.54, 1.807) is 24.3 Å². The number of hydrogen-bond acceptors (Lipinski definition) is 3. The molecule has 22 heavy (non-hydrogen) atoms. The first-order chi connectivity index (χ1) is 10.5. The van der Waals surface area contributed by atoms with Crippen molar-refractivity contribution in [2.45, 2.75) is 25.8 Å². The van der Waals surface area contributed by atoms with Crippen molar-refractivity contribution >= 4 is 11.6 Å². The normalized spacial score (nSPS) is 12.2. The molecule has 0 aliphatic rings. The van der Waals surface area contributed by atoms with Gasteiger partial charge in [-0.15, -0.1) is 0 Å². The van der Waals surface area contributed by atoms with Crippen LogP contribution >= 0.6 is 0 Å². The minimum atomic E-state index is -0.241. The lowest BCUT2D eigenvalue weighted by Crippen LogP contribution is -2.32. The van der Waals surface area contributed by atoms with Crippen molar-refractivity contribution in [3.63, 3.8) is 0 Å². The summed E-state index contributed by atoms with van der Waals surface area (Å²) >= 11 is 0. The summed E-state index contributed by atoms with van der Waals surface area (Å²) in [7, 11) is 0. The van der Waals surface area contributed by atoms with Gasteiger partial charge in [0.05, 0.1) is 5.56 Å². The Hall–Kier alpha value is -2.33. The van der Waals surface area contributed by atoms with Gasteiger partial charge in [0.2, 0.25) is 0 Å². The van der Waals surface area contributed by atoms with Gasteiger partial charge in [-0.25, -0.2) is 0 Å². The Morgan fingerprint density at radius 3 is 2.23 bits per heavy atom. The van der Waals surface area contributed by atoms with Crippen LogP contribution in [0.3, 0.4) is 0 Å². The molecule has 0 spiro atoms. The maximum absolute atomic E-state index is 12.1. The second-order valence-electron chi connectivity index (χ2n) is 5.73. The van der Waals surface area contributed by atoms with E-state index < -0.39 is 0 Å². The average molecular weight is 297 g/mol. The monoisotopic (exact) mass is 297 g/mol. The minimum absolute atomic E-state index is 0.202. The lowest BCUT2D eigenvalue weighted by Gasteiger charge is -2.15. The van der Waals surface area contributed by atoms with E-state index in [9.17, 15) is 4.79 Å². The number of anilines is 1. The molecule has 0 heterocycles. The number of hydrogen-bond donors (Lipinski definition) is 3. The molecule has 116 valence electrons. The first-order valence-electron chi connectivity index (χ1n) is 7.47. The zero-order valence-corrected chi connectivity index (χ0v) is 13.0. The van der Waals surface area contributed by atoms with Crippen LogP contribution in [0.15, 0.2) is 48.5 Å². The van der Waals surface area contributed by atoms with Crippen molar-refractivity contribution in [1.82, 2.24) is 5.32 Å². The lowest BCUT2D eigenvalue weighted by molar-refractivity contribution is 0.0952. The Balaban J connectivity index is 1.96. The highest BCUT2D eigenvalue weighted by Gasteiger charge is 2.12. The van der Waals surface area contributed by atoms with Crippen LogP contribution in [0, 0.1) is 0 Å². The molecule has 4 heteroatoms. The molecule has 2 rings (SSSR count). The van der Waals surface area contributed by atoms with Crippen molar-refractivity contribution in [2.75, 3.05) is 12.3 Å². The fourth-order valence-electron chi connectivity index (χ4n) is 2.25. The van der Waals surface area contributed by atoms with E-state index in [1.807, 2.05) is 12.1 Å². The summed E-state index contributed by atoms with van der Waals surface area (Å²) in [6.07, 6.45) is 0. The number of nitrogen functional groups attached to an aromatic ring is 1. The van der Waals surface area contributed by atoms with E-state index in [-0.39, 0.29) is 11.9 Å². The molecule has 2 aromatic rings. The summed E-state index contributed by atoms with van der Waals surface area (Å²) in [5.74, 6) is 0.290. The highest BCUT2D eigenvalue weighted by molar-refractivity contribution is 5.99. The number of benzene rings is 2. The van der Waals surface area contributed by atoms with Gasteiger partial charge in [0.25, 0.3) is 5.91 Å². The topological polar surface area (TPSA) is 81.1 Å². The number of amides is 1. The summed E-state index contributed by atoms with van der Waals surface area (Å²) in [4.78, 5) is 12.1. The van der Waals surface area contributed by atoms with Crippen molar-refractivity contribution in [3.8, 4) is 0 Å². The summed E-state index contributed by atoms with van der Waals surface area (Å²) in [5.41, 5.74) is 15.2. The van der Waals surface area contributed by atoms with E-state index >= 15 is 0 Å². The van der Waals surface area contributed by atoms with Gasteiger partial charge in [-0.2, -0.15) is 0 Å². The van der Waals surface area contributed by atoms with Gasteiger partial charge in [-0.1, -0.05) is 50.2 Å². The van der Waals surface area contributed by atoms with E-state index in [0.29, 0.717) is 23.7 Å². The Labute approximate surface area is 131 Å². The van der Waals surface area contributed by atoms with Crippen LogP contribution in [0.2, 0.25) is 0 Å². The third-order valence-electron chi connectivity index (χ3n) is 3.72. The van der Waals surface area contributed by atoms with Crippen LogP contribution in [-0.4, -0.2) is 12.5 Å².